The van der Waals surface area contributed by atoms with Crippen LogP contribution in [-0.4, -0.2) is 18.2 Å². The summed E-state index contributed by atoms with van der Waals surface area (Å²) in [6.45, 7) is 2.11. The van der Waals surface area contributed by atoms with Crippen LogP contribution in [0.15, 0.2) is 71.2 Å². The summed E-state index contributed by atoms with van der Waals surface area (Å²) in [4.78, 5) is 31.0. The highest BCUT2D eigenvalue weighted by molar-refractivity contribution is 6.20. The maximum absolute atomic E-state index is 14.2. The number of allylic oxidation sites excluding steroid dienone is 1. The van der Waals surface area contributed by atoms with E-state index in [4.69, 9.17) is 12.2 Å². The number of fused-ring (bicyclic) bond motifs is 3. The average Bonchev–Trinajstić information content (AvgIpc) is 3.09. The zero-order chi connectivity index (χ0) is 24.0. The van der Waals surface area contributed by atoms with Crippen molar-refractivity contribution in [2.45, 2.75) is 38.0 Å². The van der Waals surface area contributed by atoms with Crippen molar-refractivity contribution in [3.8, 4) is 18.4 Å². The number of carbonyl (C=O) groups is 2. The SMILES string of the molecule is C#CCN1C(=O)[C@]2(C(C#N)=C(N)N(c3ccc(CC)cc3)C3=C2C(=O)CCC3)c2ccccc21. The molecule has 1 atom stereocenters. The van der Waals surface area contributed by atoms with Gasteiger partial charge in [0.2, 0.25) is 5.91 Å². The van der Waals surface area contributed by atoms with Crippen LogP contribution >= 0.6 is 0 Å². The molecule has 2 aromatic carbocycles. The highest BCUT2D eigenvalue weighted by Gasteiger charge is 2.62. The molecule has 0 radical (unpaired) electrons. The van der Waals surface area contributed by atoms with Crippen LogP contribution in [0.4, 0.5) is 11.4 Å². The number of hydrogen-bond donors (Lipinski definition) is 1. The predicted molar refractivity (Wildman–Crippen MR) is 130 cm³/mol. The number of rotatable bonds is 3. The minimum absolute atomic E-state index is 0.0369. The van der Waals surface area contributed by atoms with E-state index in [9.17, 15) is 14.9 Å². The molecule has 0 unspecified atom stereocenters. The molecule has 34 heavy (non-hydrogen) atoms. The number of nitriles is 1. The zero-order valence-electron chi connectivity index (χ0n) is 19.0. The van der Waals surface area contributed by atoms with Gasteiger partial charge in [0.1, 0.15) is 17.3 Å². The van der Waals surface area contributed by atoms with Crippen LogP contribution in [0.25, 0.3) is 0 Å². The summed E-state index contributed by atoms with van der Waals surface area (Å²) in [7, 11) is 0. The number of carbonyl (C=O) groups excluding carboxylic acids is 2. The molecule has 1 aliphatic carbocycles. The van der Waals surface area contributed by atoms with Crippen molar-refractivity contribution >= 4 is 23.1 Å². The van der Waals surface area contributed by atoms with Crippen LogP contribution in [0.5, 0.6) is 0 Å². The Bertz CT molecular complexity index is 1370. The van der Waals surface area contributed by atoms with Gasteiger partial charge in [-0.15, -0.1) is 6.42 Å². The van der Waals surface area contributed by atoms with Gasteiger partial charge in [0.15, 0.2) is 5.78 Å². The Morgan fingerprint density at radius 3 is 2.53 bits per heavy atom. The van der Waals surface area contributed by atoms with Gasteiger partial charge >= 0.3 is 0 Å². The van der Waals surface area contributed by atoms with Crippen molar-refractivity contribution in [1.82, 2.24) is 0 Å². The topological polar surface area (TPSA) is 90.4 Å². The van der Waals surface area contributed by atoms with Crippen LogP contribution in [0.2, 0.25) is 0 Å². The summed E-state index contributed by atoms with van der Waals surface area (Å²) in [5.41, 5.74) is 9.34. The number of amides is 1. The highest BCUT2D eigenvalue weighted by atomic mass is 16.2. The standard InChI is InChI=1S/C28H24N4O2/c1-3-16-31-22-9-6-5-8-20(22)28(27(31)34)21(17-29)26(30)32(19-14-12-18(4-2)13-15-19)23-10-7-11-24(33)25(23)28/h1,5-6,8-9,12-15H,4,7,10-11,16,30H2,2H3/t28-/m0/s1. The third-order valence-corrected chi connectivity index (χ3v) is 7.03. The molecule has 6 heteroatoms. The number of nitrogens with two attached hydrogens (primary N) is 1. The molecule has 5 rings (SSSR count). The molecular weight excluding hydrogens is 424 g/mol. The quantitative estimate of drug-likeness (QED) is 0.724. The van der Waals surface area contributed by atoms with Crippen LogP contribution in [0.1, 0.15) is 37.3 Å². The summed E-state index contributed by atoms with van der Waals surface area (Å²) in [6.07, 6.45) is 8.01. The molecule has 2 N–H and O–H groups in total. The number of ketones is 1. The molecule has 1 spiro atoms. The molecule has 0 aromatic heterocycles. The van der Waals surface area contributed by atoms with Gasteiger partial charge in [0.05, 0.1) is 12.1 Å². The number of benzene rings is 2. The molecule has 168 valence electrons. The van der Waals surface area contributed by atoms with E-state index in [1.807, 2.05) is 36.4 Å². The van der Waals surface area contributed by atoms with Gasteiger partial charge in [-0.3, -0.25) is 19.4 Å². The summed E-state index contributed by atoms with van der Waals surface area (Å²) < 4.78 is 0. The lowest BCUT2D eigenvalue weighted by Gasteiger charge is -2.43. The molecule has 3 aliphatic rings. The van der Waals surface area contributed by atoms with Crippen molar-refractivity contribution in [3.05, 3.63) is 82.3 Å². The molecule has 2 aliphatic heterocycles. The number of anilines is 2. The van der Waals surface area contributed by atoms with Crippen LogP contribution < -0.4 is 15.5 Å². The first-order chi connectivity index (χ1) is 16.5. The monoisotopic (exact) mass is 448 g/mol. The molecule has 2 aromatic rings. The Hall–Kier alpha value is -4.29. The van der Waals surface area contributed by atoms with E-state index in [0.717, 1.165) is 12.1 Å². The molecule has 0 bridgehead atoms. The predicted octanol–water partition coefficient (Wildman–Crippen LogP) is 3.69. The van der Waals surface area contributed by atoms with Crippen molar-refractivity contribution in [1.29, 1.82) is 5.26 Å². The van der Waals surface area contributed by atoms with Crippen LogP contribution in [-0.2, 0) is 21.4 Å². The Labute approximate surface area is 199 Å². The van der Waals surface area contributed by atoms with Gasteiger partial charge in [0, 0.05) is 34.6 Å². The summed E-state index contributed by atoms with van der Waals surface area (Å²) in [5, 5.41) is 10.4. The zero-order valence-corrected chi connectivity index (χ0v) is 19.0. The first-order valence-corrected chi connectivity index (χ1v) is 11.4. The number of terminal acetylenes is 1. The van der Waals surface area contributed by atoms with E-state index in [1.54, 1.807) is 17.0 Å². The van der Waals surface area contributed by atoms with E-state index < -0.39 is 11.3 Å². The van der Waals surface area contributed by atoms with Gasteiger partial charge in [-0.2, -0.15) is 5.26 Å². The van der Waals surface area contributed by atoms with Gasteiger partial charge in [-0.1, -0.05) is 43.2 Å². The highest BCUT2D eigenvalue weighted by Crippen LogP contribution is 2.56. The number of aryl methyl sites for hydroxylation is 1. The summed E-state index contributed by atoms with van der Waals surface area (Å²) in [5.74, 6) is 2.18. The third kappa shape index (κ3) is 2.69. The number of hydrogen-bond acceptors (Lipinski definition) is 5. The number of Topliss-reactive ketones (excluding diaryl/α,β-unsaturated/α-hetero) is 1. The van der Waals surface area contributed by atoms with E-state index in [1.165, 1.54) is 10.5 Å². The summed E-state index contributed by atoms with van der Waals surface area (Å²) in [6, 6.07) is 17.3. The number of para-hydroxylation sites is 1. The minimum atomic E-state index is -1.58. The fourth-order valence-corrected chi connectivity index (χ4v) is 5.55. The molecule has 1 amide bonds. The van der Waals surface area contributed by atoms with Crippen molar-refractivity contribution in [2.24, 2.45) is 5.73 Å². The second-order valence-electron chi connectivity index (χ2n) is 8.69. The number of nitrogens with zero attached hydrogens (tertiary/aromatic N) is 3. The largest absolute Gasteiger partial charge is 0.384 e. The second-order valence-corrected chi connectivity index (χ2v) is 8.69. The lowest BCUT2D eigenvalue weighted by atomic mass is 9.64. The lowest BCUT2D eigenvalue weighted by molar-refractivity contribution is -0.124. The van der Waals surface area contributed by atoms with E-state index >= 15 is 0 Å². The van der Waals surface area contributed by atoms with Crippen molar-refractivity contribution in [3.63, 3.8) is 0 Å². The lowest BCUT2D eigenvalue weighted by Crippen LogP contribution is -2.52. The molecule has 6 nitrogen and oxygen atoms in total. The summed E-state index contributed by atoms with van der Waals surface area (Å²) >= 11 is 0. The molecule has 0 fully saturated rings. The Morgan fingerprint density at radius 2 is 1.85 bits per heavy atom. The Morgan fingerprint density at radius 1 is 1.12 bits per heavy atom. The Balaban J connectivity index is 1.85. The first-order valence-electron chi connectivity index (χ1n) is 11.4. The minimum Gasteiger partial charge on any atom is -0.384 e. The fourth-order valence-electron chi connectivity index (χ4n) is 5.55. The van der Waals surface area contributed by atoms with E-state index in [0.29, 0.717) is 41.8 Å². The van der Waals surface area contributed by atoms with E-state index in [-0.39, 0.29) is 23.7 Å². The maximum Gasteiger partial charge on any atom is 0.248 e. The third-order valence-electron chi connectivity index (χ3n) is 7.03. The van der Waals surface area contributed by atoms with Crippen LogP contribution in [0, 0.1) is 23.7 Å². The smallest absolute Gasteiger partial charge is 0.248 e. The van der Waals surface area contributed by atoms with Crippen LogP contribution in [0.3, 0.4) is 0 Å². The van der Waals surface area contributed by atoms with Crippen molar-refractivity contribution in [2.75, 3.05) is 16.3 Å². The Kier molecular flexibility index (Phi) is 5.03. The van der Waals surface area contributed by atoms with Gasteiger partial charge in [0.25, 0.3) is 0 Å². The molecule has 0 saturated carbocycles. The van der Waals surface area contributed by atoms with Crippen molar-refractivity contribution < 1.29 is 9.59 Å². The average molecular weight is 449 g/mol. The molecular formula is C28H24N4O2. The van der Waals surface area contributed by atoms with E-state index in [2.05, 4.69) is 18.9 Å². The normalized spacial score (nSPS) is 21.5. The first kappa shape index (κ1) is 21.6. The maximum atomic E-state index is 14.2. The van der Waals surface area contributed by atoms with Gasteiger partial charge in [-0.05, 0) is 43.0 Å². The molecule has 0 saturated heterocycles. The fraction of sp³-hybridized carbons (Fsp3) is 0.250. The second kappa shape index (κ2) is 7.93. The molecule has 2 heterocycles. The van der Waals surface area contributed by atoms with Gasteiger partial charge in [-0.25, -0.2) is 0 Å². The van der Waals surface area contributed by atoms with Gasteiger partial charge < -0.3 is 5.73 Å².